The van der Waals surface area contributed by atoms with E-state index in [0.29, 0.717) is 12.6 Å². The Bertz CT molecular complexity index is 759. The average molecular weight is 398 g/mol. The SMILES string of the molecule is CN(Cc1ccon1)C(=O)[C@H]1CCCN(C2CCN(Cc3cccnc3)CC2)C1. The van der Waals surface area contributed by atoms with Gasteiger partial charge in [0.1, 0.15) is 12.0 Å². The summed E-state index contributed by atoms with van der Waals surface area (Å²) in [7, 11) is 1.87. The van der Waals surface area contributed by atoms with E-state index in [1.54, 1.807) is 11.2 Å². The summed E-state index contributed by atoms with van der Waals surface area (Å²) in [4.78, 5) is 24.0. The first-order valence-electron chi connectivity index (χ1n) is 10.7. The maximum Gasteiger partial charge on any atom is 0.227 e. The van der Waals surface area contributed by atoms with Gasteiger partial charge in [-0.05, 0) is 56.9 Å². The van der Waals surface area contributed by atoms with Gasteiger partial charge in [-0.1, -0.05) is 11.2 Å². The van der Waals surface area contributed by atoms with Crippen molar-refractivity contribution in [1.82, 2.24) is 24.8 Å². The maximum absolute atomic E-state index is 12.9. The zero-order valence-electron chi connectivity index (χ0n) is 17.2. The summed E-state index contributed by atoms with van der Waals surface area (Å²) in [6.45, 7) is 5.72. The zero-order chi connectivity index (χ0) is 20.1. The molecule has 0 unspecified atom stereocenters. The Morgan fingerprint density at radius 2 is 2.10 bits per heavy atom. The van der Waals surface area contributed by atoms with Gasteiger partial charge in [-0.3, -0.25) is 19.6 Å². The van der Waals surface area contributed by atoms with Crippen LogP contribution in [0, 0.1) is 5.92 Å². The Kier molecular flexibility index (Phi) is 6.56. The fourth-order valence-electron chi connectivity index (χ4n) is 4.68. The lowest BCUT2D eigenvalue weighted by molar-refractivity contribution is -0.137. The first-order chi connectivity index (χ1) is 14.2. The van der Waals surface area contributed by atoms with Crippen LogP contribution in [0.1, 0.15) is 36.9 Å². The molecular formula is C22H31N5O2. The van der Waals surface area contributed by atoms with Crippen LogP contribution in [-0.2, 0) is 17.9 Å². The molecule has 7 heteroatoms. The Labute approximate surface area is 172 Å². The van der Waals surface area contributed by atoms with Crippen molar-refractivity contribution in [2.24, 2.45) is 5.92 Å². The minimum absolute atomic E-state index is 0.0917. The second kappa shape index (κ2) is 9.50. The lowest BCUT2D eigenvalue weighted by atomic mass is 9.93. The van der Waals surface area contributed by atoms with Crippen LogP contribution in [0.2, 0.25) is 0 Å². The third kappa shape index (κ3) is 5.22. The van der Waals surface area contributed by atoms with E-state index in [0.717, 1.165) is 51.3 Å². The molecule has 0 bridgehead atoms. The summed E-state index contributed by atoms with van der Waals surface area (Å²) < 4.78 is 4.88. The zero-order valence-corrected chi connectivity index (χ0v) is 17.2. The summed E-state index contributed by atoms with van der Waals surface area (Å²) >= 11 is 0. The summed E-state index contributed by atoms with van der Waals surface area (Å²) in [5.41, 5.74) is 2.08. The van der Waals surface area contributed by atoms with Gasteiger partial charge < -0.3 is 9.42 Å². The van der Waals surface area contributed by atoms with Gasteiger partial charge in [-0.25, -0.2) is 0 Å². The first-order valence-corrected chi connectivity index (χ1v) is 10.7. The minimum Gasteiger partial charge on any atom is -0.364 e. The number of likely N-dealkylation sites (tertiary alicyclic amines) is 2. The van der Waals surface area contributed by atoms with Gasteiger partial charge in [0, 0.05) is 44.6 Å². The van der Waals surface area contributed by atoms with Gasteiger partial charge in [0.25, 0.3) is 0 Å². The normalized spacial score (nSPS) is 21.9. The monoisotopic (exact) mass is 397 g/mol. The molecule has 0 spiro atoms. The van der Waals surface area contributed by atoms with Gasteiger partial charge in [-0.15, -0.1) is 0 Å². The molecule has 1 amide bonds. The fourth-order valence-corrected chi connectivity index (χ4v) is 4.68. The van der Waals surface area contributed by atoms with Crippen LogP contribution < -0.4 is 0 Å². The van der Waals surface area contributed by atoms with E-state index in [4.69, 9.17) is 4.52 Å². The quantitative estimate of drug-likeness (QED) is 0.746. The van der Waals surface area contributed by atoms with Gasteiger partial charge in [0.2, 0.25) is 5.91 Å². The lowest BCUT2D eigenvalue weighted by Crippen LogP contribution is -2.50. The second-order valence-electron chi connectivity index (χ2n) is 8.39. The van der Waals surface area contributed by atoms with Gasteiger partial charge in [0.15, 0.2) is 0 Å². The third-order valence-electron chi connectivity index (χ3n) is 6.27. The molecule has 2 aromatic heterocycles. The van der Waals surface area contributed by atoms with Crippen molar-refractivity contribution in [2.75, 3.05) is 33.2 Å². The van der Waals surface area contributed by atoms with Crippen molar-refractivity contribution < 1.29 is 9.32 Å². The smallest absolute Gasteiger partial charge is 0.227 e. The number of rotatable bonds is 6. The van der Waals surface area contributed by atoms with Crippen molar-refractivity contribution in [3.8, 4) is 0 Å². The maximum atomic E-state index is 12.9. The van der Waals surface area contributed by atoms with Crippen molar-refractivity contribution in [1.29, 1.82) is 0 Å². The molecule has 2 aliphatic rings. The third-order valence-corrected chi connectivity index (χ3v) is 6.27. The summed E-state index contributed by atoms with van der Waals surface area (Å²) in [5.74, 6) is 0.320. The van der Waals surface area contributed by atoms with Crippen molar-refractivity contribution >= 4 is 5.91 Å². The highest BCUT2D eigenvalue weighted by molar-refractivity contribution is 5.78. The molecule has 2 fully saturated rings. The van der Waals surface area contributed by atoms with Gasteiger partial charge in [-0.2, -0.15) is 0 Å². The number of carbonyl (C=O) groups excluding carboxylic acids is 1. The topological polar surface area (TPSA) is 65.7 Å². The predicted molar refractivity (Wildman–Crippen MR) is 110 cm³/mol. The number of aromatic nitrogens is 2. The van der Waals surface area contributed by atoms with Crippen LogP contribution in [0.5, 0.6) is 0 Å². The highest BCUT2D eigenvalue weighted by atomic mass is 16.5. The summed E-state index contributed by atoms with van der Waals surface area (Å²) in [5, 5.41) is 3.92. The van der Waals surface area contributed by atoms with Crippen LogP contribution in [-0.4, -0.2) is 70.0 Å². The van der Waals surface area contributed by atoms with Crippen molar-refractivity contribution in [2.45, 2.75) is 44.8 Å². The Morgan fingerprint density at radius 3 is 2.83 bits per heavy atom. The molecule has 0 N–H and O–H groups in total. The molecule has 0 aliphatic carbocycles. The minimum atomic E-state index is 0.0917. The molecule has 7 nitrogen and oxygen atoms in total. The number of hydrogen-bond donors (Lipinski definition) is 0. The van der Waals surface area contributed by atoms with Crippen LogP contribution in [0.25, 0.3) is 0 Å². The van der Waals surface area contributed by atoms with E-state index >= 15 is 0 Å². The van der Waals surface area contributed by atoms with Crippen molar-refractivity contribution in [3.05, 3.63) is 48.1 Å². The number of carbonyl (C=O) groups is 1. The molecule has 156 valence electrons. The number of pyridine rings is 1. The molecule has 2 aliphatic heterocycles. The molecule has 4 rings (SSSR count). The van der Waals surface area contributed by atoms with Crippen LogP contribution in [0.4, 0.5) is 0 Å². The van der Waals surface area contributed by atoms with E-state index in [2.05, 4.69) is 26.0 Å². The number of piperidine rings is 2. The second-order valence-corrected chi connectivity index (χ2v) is 8.39. The number of nitrogens with zero attached hydrogens (tertiary/aromatic N) is 5. The molecule has 0 aromatic carbocycles. The summed E-state index contributed by atoms with van der Waals surface area (Å²) in [6, 6.07) is 6.56. The first kappa shape index (κ1) is 20.0. The molecule has 29 heavy (non-hydrogen) atoms. The van der Waals surface area contributed by atoms with E-state index in [-0.39, 0.29) is 11.8 Å². The van der Waals surface area contributed by atoms with E-state index in [1.807, 2.05) is 31.6 Å². The molecule has 4 heterocycles. The van der Waals surface area contributed by atoms with E-state index < -0.39 is 0 Å². The van der Waals surface area contributed by atoms with Crippen LogP contribution >= 0.6 is 0 Å². The van der Waals surface area contributed by atoms with Crippen LogP contribution in [0.3, 0.4) is 0 Å². The predicted octanol–water partition coefficient (Wildman–Crippen LogP) is 2.40. The number of amides is 1. The Hall–Kier alpha value is -2.25. The molecule has 1 atom stereocenters. The van der Waals surface area contributed by atoms with Crippen LogP contribution in [0.15, 0.2) is 41.4 Å². The van der Waals surface area contributed by atoms with E-state index in [9.17, 15) is 4.79 Å². The van der Waals surface area contributed by atoms with E-state index in [1.165, 1.54) is 18.4 Å². The average Bonchev–Trinajstić information content (AvgIpc) is 3.27. The largest absolute Gasteiger partial charge is 0.364 e. The highest BCUT2D eigenvalue weighted by Crippen LogP contribution is 2.25. The summed E-state index contributed by atoms with van der Waals surface area (Å²) in [6.07, 6.45) is 9.78. The molecule has 2 aromatic rings. The molecule has 0 radical (unpaired) electrons. The molecule has 0 saturated carbocycles. The lowest BCUT2D eigenvalue weighted by Gasteiger charge is -2.42. The Morgan fingerprint density at radius 1 is 1.24 bits per heavy atom. The highest BCUT2D eigenvalue weighted by Gasteiger charge is 2.32. The van der Waals surface area contributed by atoms with Crippen molar-refractivity contribution in [3.63, 3.8) is 0 Å². The van der Waals surface area contributed by atoms with Gasteiger partial charge >= 0.3 is 0 Å². The standard InChI is InChI=1S/C22H31N5O2/c1-25(17-20-8-13-29-24-20)22(28)19-5-3-10-27(16-19)21-6-11-26(12-7-21)15-18-4-2-9-23-14-18/h2,4,8-9,13-14,19,21H,3,5-7,10-12,15-17H2,1H3/t19-/m0/s1. The Balaban J connectivity index is 1.26. The fraction of sp³-hybridized carbons (Fsp3) is 0.591. The molecular weight excluding hydrogens is 366 g/mol. The van der Waals surface area contributed by atoms with Gasteiger partial charge in [0.05, 0.1) is 12.5 Å². The number of hydrogen-bond acceptors (Lipinski definition) is 6. The molecule has 2 saturated heterocycles.